The number of amides is 1. The van der Waals surface area contributed by atoms with E-state index in [0.717, 1.165) is 68.7 Å². The van der Waals surface area contributed by atoms with Crippen LogP contribution in [0.4, 0.5) is 23.4 Å². The van der Waals surface area contributed by atoms with Crippen LogP contribution in [-0.4, -0.2) is 76.2 Å². The second kappa shape index (κ2) is 11.2. The molecule has 2 saturated heterocycles. The van der Waals surface area contributed by atoms with Crippen LogP contribution >= 0.6 is 11.8 Å². The lowest BCUT2D eigenvalue weighted by molar-refractivity contribution is -0.137. The number of halogens is 4. The first kappa shape index (κ1) is 27.3. The third kappa shape index (κ3) is 5.77. The minimum atomic E-state index is -4.48. The largest absolute Gasteiger partial charge is 0.416 e. The molecule has 2 aromatic heterocycles. The van der Waals surface area contributed by atoms with Crippen molar-refractivity contribution in [3.8, 4) is 0 Å². The van der Waals surface area contributed by atoms with Crippen LogP contribution in [0.5, 0.6) is 0 Å². The number of nitrogens with zero attached hydrogens (tertiary/aromatic N) is 3. The number of likely N-dealkylation sites (tertiary alicyclic amines) is 1. The van der Waals surface area contributed by atoms with E-state index in [9.17, 15) is 22.4 Å². The lowest BCUT2D eigenvalue weighted by Gasteiger charge is -2.31. The van der Waals surface area contributed by atoms with Gasteiger partial charge in [0.05, 0.1) is 23.7 Å². The molecule has 0 radical (unpaired) electrons. The maximum Gasteiger partial charge on any atom is 0.416 e. The van der Waals surface area contributed by atoms with Gasteiger partial charge in [0.2, 0.25) is 11.9 Å². The molecule has 4 heterocycles. The zero-order valence-corrected chi connectivity index (χ0v) is 22.5. The predicted molar refractivity (Wildman–Crippen MR) is 144 cm³/mol. The fourth-order valence-electron chi connectivity index (χ4n) is 5.95. The number of aromatic amines is 1. The molecule has 1 amide bonds. The van der Waals surface area contributed by atoms with Gasteiger partial charge in [-0.3, -0.25) is 14.8 Å². The molecule has 13 heteroatoms. The molecule has 214 valence electrons. The topological polar surface area (TPSA) is 95.2 Å². The number of rotatable bonds is 7. The van der Waals surface area contributed by atoms with E-state index in [2.05, 4.69) is 30.7 Å². The number of nitrogens with one attached hydrogen (secondary N) is 3. The molecular formula is C27H30F4N6O2S. The fourth-order valence-corrected chi connectivity index (χ4v) is 7.61. The van der Waals surface area contributed by atoms with Crippen LogP contribution in [0, 0.1) is 5.95 Å². The first-order valence-corrected chi connectivity index (χ1v) is 14.4. The van der Waals surface area contributed by atoms with Crippen molar-refractivity contribution in [3.05, 3.63) is 53.1 Å². The lowest BCUT2D eigenvalue weighted by Crippen LogP contribution is -2.45. The summed E-state index contributed by atoms with van der Waals surface area (Å²) in [5.74, 6) is -0.532. The summed E-state index contributed by atoms with van der Waals surface area (Å²) in [4.78, 5) is 19.4. The summed E-state index contributed by atoms with van der Waals surface area (Å²) in [5.41, 5.74) is 1.72. The monoisotopic (exact) mass is 578 g/mol. The van der Waals surface area contributed by atoms with Crippen LogP contribution in [0.25, 0.3) is 10.9 Å². The fraction of sp³-hybridized carbons (Fsp3) is 0.519. The quantitative estimate of drug-likeness (QED) is 0.284. The summed E-state index contributed by atoms with van der Waals surface area (Å²) < 4.78 is 58.8. The molecule has 1 aromatic carbocycles. The van der Waals surface area contributed by atoms with Gasteiger partial charge < -0.3 is 15.4 Å². The van der Waals surface area contributed by atoms with E-state index in [0.29, 0.717) is 18.1 Å². The first-order chi connectivity index (χ1) is 19.2. The van der Waals surface area contributed by atoms with Gasteiger partial charge in [0.15, 0.2) is 5.82 Å². The van der Waals surface area contributed by atoms with E-state index in [-0.39, 0.29) is 40.2 Å². The van der Waals surface area contributed by atoms with Gasteiger partial charge in [-0.15, -0.1) is 11.8 Å². The zero-order chi connectivity index (χ0) is 27.9. The molecule has 0 spiro atoms. The number of carbonyl (C=O) groups is 1. The number of carbonyl (C=O) groups excluding carboxylic acids is 1. The number of thioether (sulfide) groups is 1. The molecule has 1 aliphatic carbocycles. The highest BCUT2D eigenvalue weighted by Crippen LogP contribution is 2.45. The zero-order valence-electron chi connectivity index (χ0n) is 21.6. The predicted octanol–water partition coefficient (Wildman–Crippen LogP) is 4.30. The Kier molecular flexibility index (Phi) is 7.62. The molecule has 3 N–H and O–H groups in total. The van der Waals surface area contributed by atoms with Gasteiger partial charge in [-0.25, -0.2) is 4.98 Å². The molecule has 0 saturated carbocycles. The number of aryl methyl sites for hydroxylation is 1. The average Bonchev–Trinajstić information content (AvgIpc) is 3.64. The van der Waals surface area contributed by atoms with Gasteiger partial charge in [0, 0.05) is 54.4 Å². The first-order valence-electron chi connectivity index (χ1n) is 13.4. The molecule has 2 fully saturated rings. The Hall–Kier alpha value is -2.90. The summed E-state index contributed by atoms with van der Waals surface area (Å²) in [6, 6.07) is 5.13. The Balaban J connectivity index is 1.13. The van der Waals surface area contributed by atoms with E-state index in [1.54, 1.807) is 6.20 Å². The Labute approximate surface area is 232 Å². The van der Waals surface area contributed by atoms with Crippen molar-refractivity contribution >= 4 is 34.4 Å². The van der Waals surface area contributed by atoms with Crippen molar-refractivity contribution in [2.75, 3.05) is 38.2 Å². The number of hydrogen-bond acceptors (Lipinski definition) is 7. The number of aromatic nitrogens is 3. The molecular weight excluding hydrogens is 548 g/mol. The van der Waals surface area contributed by atoms with E-state index < -0.39 is 17.7 Å². The van der Waals surface area contributed by atoms with E-state index in [1.165, 1.54) is 12.1 Å². The third-order valence-electron chi connectivity index (χ3n) is 8.01. The summed E-state index contributed by atoms with van der Waals surface area (Å²) in [5, 5.41) is 13.4. The van der Waals surface area contributed by atoms with Gasteiger partial charge in [-0.1, -0.05) is 0 Å². The lowest BCUT2D eigenvalue weighted by atomic mass is 10.1. The second-order valence-electron chi connectivity index (χ2n) is 10.6. The number of benzene rings is 1. The minimum absolute atomic E-state index is 0.118. The van der Waals surface area contributed by atoms with Crippen LogP contribution in [0.15, 0.2) is 30.5 Å². The number of hydrogen-bond donors (Lipinski definition) is 3. The normalized spacial score (nSPS) is 23.9. The maximum atomic E-state index is 13.6. The van der Waals surface area contributed by atoms with Crippen molar-refractivity contribution in [1.82, 2.24) is 25.4 Å². The van der Waals surface area contributed by atoms with Crippen LogP contribution < -0.4 is 10.6 Å². The molecule has 2 unspecified atom stereocenters. The number of pyridine rings is 1. The highest BCUT2D eigenvalue weighted by atomic mass is 32.2. The van der Waals surface area contributed by atoms with Gasteiger partial charge in [-0.05, 0) is 61.1 Å². The van der Waals surface area contributed by atoms with Gasteiger partial charge in [0.1, 0.15) is 0 Å². The number of H-pyrrole nitrogens is 1. The molecule has 3 atom stereocenters. The highest BCUT2D eigenvalue weighted by molar-refractivity contribution is 8.00. The number of anilines is 1. The minimum Gasteiger partial charge on any atom is -0.381 e. The maximum absolute atomic E-state index is 13.6. The number of fused-ring (bicyclic) bond motifs is 2. The summed E-state index contributed by atoms with van der Waals surface area (Å²) in [6.45, 7) is 2.84. The van der Waals surface area contributed by atoms with E-state index >= 15 is 0 Å². The van der Waals surface area contributed by atoms with Crippen molar-refractivity contribution < 1.29 is 27.1 Å². The van der Waals surface area contributed by atoms with Crippen LogP contribution in [0.2, 0.25) is 0 Å². The second-order valence-corrected chi connectivity index (χ2v) is 12.0. The third-order valence-corrected chi connectivity index (χ3v) is 9.65. The molecule has 3 aliphatic rings. The molecule has 40 heavy (non-hydrogen) atoms. The Morgan fingerprint density at radius 2 is 2.00 bits per heavy atom. The van der Waals surface area contributed by atoms with Gasteiger partial charge in [0.25, 0.3) is 0 Å². The molecule has 3 aromatic rings. The standard InChI is InChI=1S/C27H30F4N6O2S/c28-24-9-15-1-4-22(19(15)11-32-24)40-23-14-37(17-5-7-39-8-6-17)13-21(23)34-25(38)12-33-26-18-10-16(27(29,30)31)2-3-20(18)35-36-26/h2-3,9-11,17,21-23H,1,4-8,12-14H2,(H,34,38)(H2,33,35,36)/t21?,22?,23-/m0/s1. The summed E-state index contributed by atoms with van der Waals surface area (Å²) >= 11 is 1.81. The summed E-state index contributed by atoms with van der Waals surface area (Å²) in [7, 11) is 0. The number of ether oxygens (including phenoxy) is 1. The van der Waals surface area contributed by atoms with Gasteiger partial charge >= 0.3 is 6.18 Å². The molecule has 8 nitrogen and oxygen atoms in total. The van der Waals surface area contributed by atoms with Crippen LogP contribution in [0.1, 0.15) is 41.2 Å². The van der Waals surface area contributed by atoms with Gasteiger partial charge in [-0.2, -0.15) is 22.7 Å². The van der Waals surface area contributed by atoms with Crippen LogP contribution in [0.3, 0.4) is 0 Å². The van der Waals surface area contributed by atoms with Crippen molar-refractivity contribution in [1.29, 1.82) is 0 Å². The Morgan fingerprint density at radius 3 is 2.80 bits per heavy atom. The van der Waals surface area contributed by atoms with Crippen LogP contribution in [-0.2, 0) is 22.1 Å². The smallest absolute Gasteiger partial charge is 0.381 e. The van der Waals surface area contributed by atoms with E-state index in [4.69, 9.17) is 4.74 Å². The van der Waals surface area contributed by atoms with Crippen molar-refractivity contribution in [2.45, 2.75) is 54.4 Å². The Bertz CT molecular complexity index is 1380. The molecule has 0 bridgehead atoms. The van der Waals surface area contributed by atoms with Crippen molar-refractivity contribution in [3.63, 3.8) is 0 Å². The summed E-state index contributed by atoms with van der Waals surface area (Å²) in [6.07, 6.45) is 0.749. The van der Waals surface area contributed by atoms with Crippen molar-refractivity contribution in [2.24, 2.45) is 0 Å². The molecule has 6 rings (SSSR count). The SMILES string of the molecule is O=C(CNc1n[nH]c2ccc(C(F)(F)F)cc12)NC1CN(C2CCOCC2)C[C@@H]1SC1CCc2cc(F)ncc21. The Morgan fingerprint density at radius 1 is 1.18 bits per heavy atom. The molecule has 2 aliphatic heterocycles. The highest BCUT2D eigenvalue weighted by Gasteiger charge is 2.40. The average molecular weight is 579 g/mol. The van der Waals surface area contributed by atoms with E-state index in [1.807, 2.05) is 11.8 Å². The number of alkyl halides is 3.